The van der Waals surface area contributed by atoms with E-state index >= 15 is 0 Å². The molecular weight excluding hydrogens is 360 g/mol. The first-order valence-corrected chi connectivity index (χ1v) is 10.0. The summed E-state index contributed by atoms with van der Waals surface area (Å²) in [6, 6.07) is 5.90. The van der Waals surface area contributed by atoms with Crippen LogP contribution in [0.25, 0.3) is 10.4 Å². The lowest BCUT2D eigenvalue weighted by Gasteiger charge is -2.40. The number of unbranched alkanes of at least 4 members (excludes halogenated alkanes) is 1. The van der Waals surface area contributed by atoms with Gasteiger partial charge >= 0.3 is 6.09 Å². The van der Waals surface area contributed by atoms with Gasteiger partial charge in [0.1, 0.15) is 0 Å². The van der Waals surface area contributed by atoms with Gasteiger partial charge in [0, 0.05) is 30.0 Å². The molecule has 0 saturated carbocycles. The van der Waals surface area contributed by atoms with Crippen molar-refractivity contribution in [3.05, 3.63) is 40.3 Å². The lowest BCUT2D eigenvalue weighted by atomic mass is 9.98. The predicted molar refractivity (Wildman–Crippen MR) is 91.8 cm³/mol. The van der Waals surface area contributed by atoms with Gasteiger partial charge in [-0.25, -0.2) is 13.2 Å². The molecule has 26 heavy (non-hydrogen) atoms. The Morgan fingerprint density at radius 3 is 2.96 bits per heavy atom. The average molecular weight is 380 g/mol. The zero-order valence-electron chi connectivity index (χ0n) is 14.4. The fourth-order valence-corrected chi connectivity index (χ4v) is 4.64. The van der Waals surface area contributed by atoms with Crippen molar-refractivity contribution in [1.29, 1.82) is 0 Å². The zero-order chi connectivity index (χ0) is 18.8. The van der Waals surface area contributed by atoms with Gasteiger partial charge in [0.2, 0.25) is 9.84 Å². The van der Waals surface area contributed by atoms with Crippen LogP contribution in [0.1, 0.15) is 31.7 Å². The number of hydrogen-bond donors (Lipinski definition) is 0. The van der Waals surface area contributed by atoms with Crippen molar-refractivity contribution < 1.29 is 22.7 Å². The number of ether oxygens (including phenoxy) is 2. The summed E-state index contributed by atoms with van der Waals surface area (Å²) >= 11 is 0. The average Bonchev–Trinajstić information content (AvgIpc) is 2.99. The summed E-state index contributed by atoms with van der Waals surface area (Å²) in [5.41, 5.74) is 7.84. The van der Waals surface area contributed by atoms with Gasteiger partial charge in [0.25, 0.3) is 0 Å². The highest BCUT2D eigenvalue weighted by atomic mass is 32.2. The Morgan fingerprint density at radius 2 is 2.23 bits per heavy atom. The lowest BCUT2D eigenvalue weighted by molar-refractivity contribution is -0.134. The number of benzene rings is 1. The smallest absolute Gasteiger partial charge is 0.413 e. The summed E-state index contributed by atoms with van der Waals surface area (Å²) < 4.78 is 36.4. The predicted octanol–water partition coefficient (Wildman–Crippen LogP) is 2.92. The van der Waals surface area contributed by atoms with Crippen molar-refractivity contribution in [2.24, 2.45) is 5.11 Å². The van der Waals surface area contributed by atoms with Crippen molar-refractivity contribution in [1.82, 2.24) is 4.90 Å². The number of amides is 1. The molecule has 1 aromatic carbocycles. The van der Waals surface area contributed by atoms with E-state index in [1.54, 1.807) is 18.2 Å². The third-order valence-electron chi connectivity index (χ3n) is 4.60. The molecular formula is C16H20N4O5S. The first-order valence-electron chi connectivity index (χ1n) is 8.39. The second-order valence-corrected chi connectivity index (χ2v) is 8.20. The second-order valence-electron chi connectivity index (χ2n) is 6.30. The molecule has 1 amide bonds. The van der Waals surface area contributed by atoms with E-state index in [1.165, 1.54) is 11.0 Å². The quantitative estimate of drug-likeness (QED) is 0.336. The summed E-state index contributed by atoms with van der Waals surface area (Å²) in [4.78, 5) is 16.8. The topological polar surface area (TPSA) is 122 Å². The third-order valence-corrected chi connectivity index (χ3v) is 6.05. The molecule has 0 N–H and O–H groups in total. The standard InChI is InChI=1S/C16H20N4O5S/c1-2-3-8-25-16-9-12(18-19-17)10-20(16)15(21)24-11-26(22,23)14-7-5-4-6-13(14)16/h4-7,12H,2-3,8-11H2,1H3/t12-,16+/m0/s1. The highest BCUT2D eigenvalue weighted by molar-refractivity contribution is 7.91. The first-order chi connectivity index (χ1) is 12.4. The van der Waals surface area contributed by atoms with Crippen LogP contribution in [-0.2, 0) is 25.0 Å². The molecule has 1 aromatic rings. The molecule has 0 unspecified atom stereocenters. The monoisotopic (exact) mass is 380 g/mol. The van der Waals surface area contributed by atoms with Gasteiger partial charge in [-0.2, -0.15) is 0 Å². The van der Waals surface area contributed by atoms with E-state index in [0.717, 1.165) is 12.8 Å². The SMILES string of the molecule is CCCCO[C@@]12C[C@H](N=[N+]=[N-])CN1C(=O)OCS(=O)(=O)c1ccccc12. The fourth-order valence-electron chi connectivity index (χ4n) is 3.41. The molecule has 10 heteroatoms. The van der Waals surface area contributed by atoms with Gasteiger partial charge in [-0.15, -0.1) is 0 Å². The van der Waals surface area contributed by atoms with Gasteiger partial charge < -0.3 is 9.47 Å². The minimum Gasteiger partial charge on any atom is -0.433 e. The molecule has 0 radical (unpaired) electrons. The molecule has 140 valence electrons. The molecule has 3 rings (SSSR count). The Kier molecular flexibility index (Phi) is 5.08. The third kappa shape index (κ3) is 3.11. The van der Waals surface area contributed by atoms with Crippen LogP contribution in [0.5, 0.6) is 0 Å². The number of sulfone groups is 1. The molecule has 1 saturated heterocycles. The van der Waals surface area contributed by atoms with E-state index < -0.39 is 33.6 Å². The van der Waals surface area contributed by atoms with Crippen LogP contribution in [-0.4, -0.2) is 44.5 Å². The molecule has 0 bridgehead atoms. The van der Waals surface area contributed by atoms with Gasteiger partial charge in [-0.1, -0.05) is 36.7 Å². The maximum Gasteiger partial charge on any atom is 0.413 e. The number of fused-ring (bicyclic) bond motifs is 3. The molecule has 0 spiro atoms. The lowest BCUT2D eigenvalue weighted by Crippen LogP contribution is -2.49. The van der Waals surface area contributed by atoms with E-state index in [2.05, 4.69) is 10.0 Å². The molecule has 2 heterocycles. The molecule has 0 aliphatic carbocycles. The van der Waals surface area contributed by atoms with Gasteiger partial charge in [0.15, 0.2) is 11.7 Å². The Morgan fingerprint density at radius 1 is 1.46 bits per heavy atom. The molecule has 0 aromatic heterocycles. The molecule has 1 fully saturated rings. The maximum atomic E-state index is 12.6. The summed E-state index contributed by atoms with van der Waals surface area (Å²) in [7, 11) is -3.83. The summed E-state index contributed by atoms with van der Waals surface area (Å²) in [6.45, 7) is 2.43. The van der Waals surface area contributed by atoms with Crippen LogP contribution in [0.2, 0.25) is 0 Å². The number of carbonyl (C=O) groups excluding carboxylic acids is 1. The van der Waals surface area contributed by atoms with Crippen molar-refractivity contribution >= 4 is 15.9 Å². The van der Waals surface area contributed by atoms with E-state index in [0.29, 0.717) is 12.2 Å². The number of nitrogens with zero attached hydrogens (tertiary/aromatic N) is 4. The number of cyclic esters (lactones) is 1. The molecule has 9 nitrogen and oxygen atoms in total. The number of azide groups is 1. The second kappa shape index (κ2) is 7.14. The number of carbonyl (C=O) groups is 1. The van der Waals surface area contributed by atoms with Crippen molar-refractivity contribution in [3.8, 4) is 0 Å². The number of hydrogen-bond acceptors (Lipinski definition) is 6. The van der Waals surface area contributed by atoms with Crippen LogP contribution >= 0.6 is 0 Å². The molecule has 2 atom stereocenters. The maximum absolute atomic E-state index is 12.6. The van der Waals surface area contributed by atoms with Crippen molar-refractivity contribution in [2.75, 3.05) is 19.1 Å². The minimum absolute atomic E-state index is 0.0654. The molecule has 2 aliphatic rings. The largest absolute Gasteiger partial charge is 0.433 e. The summed E-state index contributed by atoms with van der Waals surface area (Å²) in [5.74, 6) is -0.740. The van der Waals surface area contributed by atoms with Crippen LogP contribution < -0.4 is 0 Å². The number of rotatable bonds is 5. The minimum atomic E-state index is -3.83. The Labute approximate surface area is 151 Å². The Bertz CT molecular complexity index is 852. The van der Waals surface area contributed by atoms with Gasteiger partial charge in [-0.05, 0) is 18.0 Å². The van der Waals surface area contributed by atoms with Crippen LogP contribution in [0.4, 0.5) is 4.79 Å². The molecule has 2 aliphatic heterocycles. The van der Waals surface area contributed by atoms with E-state index in [-0.39, 0.29) is 17.9 Å². The van der Waals surface area contributed by atoms with Gasteiger partial charge in [0.05, 0.1) is 10.9 Å². The van der Waals surface area contributed by atoms with E-state index in [1.807, 2.05) is 6.92 Å². The highest BCUT2D eigenvalue weighted by Gasteiger charge is 2.54. The normalized spacial score (nSPS) is 26.7. The van der Waals surface area contributed by atoms with Crippen molar-refractivity contribution in [3.63, 3.8) is 0 Å². The Balaban J connectivity index is 2.20. The van der Waals surface area contributed by atoms with Crippen LogP contribution in [0.15, 0.2) is 34.3 Å². The fraction of sp³-hybridized carbons (Fsp3) is 0.562. The first kappa shape index (κ1) is 18.5. The van der Waals surface area contributed by atoms with Crippen LogP contribution in [0.3, 0.4) is 0 Å². The summed E-state index contributed by atoms with van der Waals surface area (Å²) in [6.07, 6.45) is 0.990. The zero-order valence-corrected chi connectivity index (χ0v) is 15.2. The van der Waals surface area contributed by atoms with Crippen molar-refractivity contribution in [2.45, 2.75) is 42.8 Å². The van der Waals surface area contributed by atoms with Crippen LogP contribution in [0, 0.1) is 0 Å². The van der Waals surface area contributed by atoms with Gasteiger partial charge in [-0.3, -0.25) is 4.90 Å². The highest BCUT2D eigenvalue weighted by Crippen LogP contribution is 2.45. The summed E-state index contributed by atoms with van der Waals surface area (Å²) in [5, 5.41) is 3.73. The van der Waals surface area contributed by atoms with E-state index in [4.69, 9.17) is 15.0 Å². The Hall–Kier alpha value is -2.29. The van der Waals surface area contributed by atoms with E-state index in [9.17, 15) is 13.2 Å².